The number of nitrogens with zero attached hydrogens (tertiary/aromatic N) is 1. The van der Waals surface area contributed by atoms with Crippen LogP contribution in [0.25, 0.3) is 0 Å². The van der Waals surface area contributed by atoms with Gasteiger partial charge in [-0.25, -0.2) is 0 Å². The molecule has 2 heterocycles. The Kier molecular flexibility index (Phi) is 4.03. The monoisotopic (exact) mass is 232 g/mol. The highest BCUT2D eigenvalue weighted by Crippen LogP contribution is 2.41. The van der Waals surface area contributed by atoms with Gasteiger partial charge in [0.05, 0.1) is 10.1 Å². The highest BCUT2D eigenvalue weighted by Gasteiger charge is 2.45. The minimum atomic E-state index is 0. The summed E-state index contributed by atoms with van der Waals surface area (Å²) >= 11 is 1.86. The van der Waals surface area contributed by atoms with Gasteiger partial charge in [0.1, 0.15) is 0 Å². The molecule has 0 aliphatic carbocycles. The summed E-state index contributed by atoms with van der Waals surface area (Å²) in [7, 11) is 2.14. The van der Waals surface area contributed by atoms with E-state index >= 15 is 0 Å². The van der Waals surface area contributed by atoms with E-state index in [1.54, 1.807) is 0 Å². The Hall–Kier alpha value is -0.260. The van der Waals surface area contributed by atoms with Crippen LogP contribution < -0.4 is 5.32 Å². The third kappa shape index (κ3) is 2.46. The quantitative estimate of drug-likeness (QED) is 0.703. The van der Waals surface area contributed by atoms with Crippen LogP contribution in [0.15, 0.2) is 0 Å². The molecule has 0 aromatic rings. The van der Waals surface area contributed by atoms with Gasteiger partial charge in [-0.05, 0) is 26.3 Å². The molecule has 15 heavy (non-hydrogen) atoms. The standard InChI is InChI=1S/C10H18N2OS.H2O/c1-3-8-9(13)11-10(14-8)4-6-12(2)7-5-10;/h8H,3-7H2,1-2H3,(H,11,13);1H2. The first-order valence-corrected chi connectivity index (χ1v) is 6.21. The lowest BCUT2D eigenvalue weighted by molar-refractivity contribution is -0.120. The average molecular weight is 232 g/mol. The lowest BCUT2D eigenvalue weighted by atomic mass is 10.0. The largest absolute Gasteiger partial charge is 0.412 e. The maximum absolute atomic E-state index is 11.6. The van der Waals surface area contributed by atoms with E-state index in [1.165, 1.54) is 0 Å². The van der Waals surface area contributed by atoms with Gasteiger partial charge in [-0.3, -0.25) is 4.79 Å². The summed E-state index contributed by atoms with van der Waals surface area (Å²) in [6.07, 6.45) is 3.14. The van der Waals surface area contributed by atoms with Crippen LogP contribution in [0.2, 0.25) is 0 Å². The summed E-state index contributed by atoms with van der Waals surface area (Å²) in [5.41, 5.74) is 0. The fourth-order valence-corrected chi connectivity index (χ4v) is 3.61. The molecule has 1 atom stereocenters. The van der Waals surface area contributed by atoms with E-state index < -0.39 is 0 Å². The Morgan fingerprint density at radius 2 is 2.13 bits per heavy atom. The predicted octanol–water partition coefficient (Wildman–Crippen LogP) is 0.225. The second-order valence-electron chi connectivity index (χ2n) is 4.30. The molecule has 3 N–H and O–H groups in total. The molecule has 0 bridgehead atoms. The average Bonchev–Trinajstić information content (AvgIpc) is 2.49. The van der Waals surface area contributed by atoms with Crippen molar-refractivity contribution < 1.29 is 10.3 Å². The smallest absolute Gasteiger partial charge is 0.234 e. The minimum absolute atomic E-state index is 0. The number of piperidine rings is 1. The number of likely N-dealkylation sites (tertiary alicyclic amines) is 1. The first-order chi connectivity index (χ1) is 6.65. The van der Waals surface area contributed by atoms with Crippen LogP contribution in [0.5, 0.6) is 0 Å². The molecule has 4 nitrogen and oxygen atoms in total. The number of nitrogens with one attached hydrogen (secondary N) is 1. The van der Waals surface area contributed by atoms with Crippen molar-refractivity contribution in [3.63, 3.8) is 0 Å². The van der Waals surface area contributed by atoms with E-state index in [-0.39, 0.29) is 21.5 Å². The first-order valence-electron chi connectivity index (χ1n) is 5.33. The van der Waals surface area contributed by atoms with Crippen molar-refractivity contribution >= 4 is 17.7 Å². The maximum atomic E-state index is 11.6. The van der Waals surface area contributed by atoms with E-state index in [2.05, 4.69) is 24.2 Å². The van der Waals surface area contributed by atoms with E-state index in [9.17, 15) is 4.79 Å². The van der Waals surface area contributed by atoms with Crippen LogP contribution in [0.1, 0.15) is 26.2 Å². The summed E-state index contributed by atoms with van der Waals surface area (Å²) in [6, 6.07) is 0. The Morgan fingerprint density at radius 1 is 1.53 bits per heavy atom. The molecule has 1 amide bonds. The van der Waals surface area contributed by atoms with Crippen LogP contribution in [-0.2, 0) is 4.79 Å². The number of hydrogen-bond acceptors (Lipinski definition) is 3. The SMILES string of the molecule is CCC1SC2(CCN(C)CC2)NC1=O.O. The number of hydrogen-bond donors (Lipinski definition) is 1. The molecule has 5 heteroatoms. The van der Waals surface area contributed by atoms with Crippen molar-refractivity contribution in [2.24, 2.45) is 0 Å². The number of carbonyl (C=O) groups excluding carboxylic acids is 1. The van der Waals surface area contributed by atoms with Gasteiger partial charge in [0.25, 0.3) is 0 Å². The molecule has 2 aliphatic heterocycles. The molecule has 0 radical (unpaired) electrons. The fourth-order valence-electron chi connectivity index (χ4n) is 2.15. The van der Waals surface area contributed by atoms with Gasteiger partial charge in [-0.15, -0.1) is 11.8 Å². The molecule has 1 unspecified atom stereocenters. The first kappa shape index (κ1) is 12.8. The van der Waals surface area contributed by atoms with Crippen molar-refractivity contribution in [2.75, 3.05) is 20.1 Å². The fraction of sp³-hybridized carbons (Fsp3) is 0.900. The molecular weight excluding hydrogens is 212 g/mol. The van der Waals surface area contributed by atoms with Gasteiger partial charge in [0.2, 0.25) is 5.91 Å². The zero-order valence-electron chi connectivity index (χ0n) is 9.38. The number of carbonyl (C=O) groups is 1. The molecule has 0 saturated carbocycles. The summed E-state index contributed by atoms with van der Waals surface area (Å²) in [5, 5.41) is 3.38. The van der Waals surface area contributed by atoms with Crippen LogP contribution in [0.4, 0.5) is 0 Å². The zero-order valence-corrected chi connectivity index (χ0v) is 10.2. The van der Waals surface area contributed by atoms with Gasteiger partial charge < -0.3 is 15.7 Å². The molecule has 2 rings (SSSR count). The molecular formula is C10H20N2O2S. The van der Waals surface area contributed by atoms with E-state index in [0.717, 1.165) is 32.4 Å². The number of amides is 1. The van der Waals surface area contributed by atoms with Crippen molar-refractivity contribution in [3.8, 4) is 0 Å². The van der Waals surface area contributed by atoms with Crippen molar-refractivity contribution in [1.82, 2.24) is 10.2 Å². The van der Waals surface area contributed by atoms with Crippen molar-refractivity contribution in [2.45, 2.75) is 36.3 Å². The molecule has 2 aliphatic rings. The topological polar surface area (TPSA) is 63.8 Å². The summed E-state index contributed by atoms with van der Waals surface area (Å²) in [6.45, 7) is 4.29. The van der Waals surface area contributed by atoms with Crippen molar-refractivity contribution in [1.29, 1.82) is 0 Å². The summed E-state index contributed by atoms with van der Waals surface area (Å²) in [5.74, 6) is 0.252. The Morgan fingerprint density at radius 3 is 2.60 bits per heavy atom. The van der Waals surface area contributed by atoms with E-state index in [4.69, 9.17) is 0 Å². The van der Waals surface area contributed by atoms with Gasteiger partial charge in [0.15, 0.2) is 0 Å². The van der Waals surface area contributed by atoms with E-state index in [1.807, 2.05) is 11.8 Å². The van der Waals surface area contributed by atoms with Crippen LogP contribution in [-0.4, -0.2) is 46.5 Å². The van der Waals surface area contributed by atoms with Crippen LogP contribution in [0, 0.1) is 0 Å². The Bertz CT molecular complexity index is 240. The zero-order chi connectivity index (χ0) is 10.2. The second kappa shape index (κ2) is 4.72. The molecule has 1 spiro atoms. The van der Waals surface area contributed by atoms with Gasteiger partial charge in [0, 0.05) is 13.1 Å². The van der Waals surface area contributed by atoms with Crippen molar-refractivity contribution in [3.05, 3.63) is 0 Å². The molecule has 2 saturated heterocycles. The lowest BCUT2D eigenvalue weighted by Crippen LogP contribution is -2.48. The highest BCUT2D eigenvalue weighted by atomic mass is 32.2. The normalized spacial score (nSPS) is 30.0. The third-order valence-corrected chi connectivity index (χ3v) is 4.97. The molecule has 88 valence electrons. The Balaban J connectivity index is 0.00000112. The lowest BCUT2D eigenvalue weighted by Gasteiger charge is -2.36. The van der Waals surface area contributed by atoms with Gasteiger partial charge in [-0.2, -0.15) is 0 Å². The van der Waals surface area contributed by atoms with Gasteiger partial charge in [-0.1, -0.05) is 6.92 Å². The number of rotatable bonds is 1. The molecule has 0 aromatic heterocycles. The van der Waals surface area contributed by atoms with E-state index in [0.29, 0.717) is 0 Å². The van der Waals surface area contributed by atoms with Crippen LogP contribution in [0.3, 0.4) is 0 Å². The third-order valence-electron chi connectivity index (χ3n) is 3.18. The molecule has 2 fully saturated rings. The minimum Gasteiger partial charge on any atom is -0.412 e. The number of thioether (sulfide) groups is 1. The maximum Gasteiger partial charge on any atom is 0.234 e. The summed E-state index contributed by atoms with van der Waals surface area (Å²) in [4.78, 5) is 14.0. The second-order valence-corrected chi connectivity index (χ2v) is 5.89. The predicted molar refractivity (Wildman–Crippen MR) is 62.9 cm³/mol. The Labute approximate surface area is 95.1 Å². The summed E-state index contributed by atoms with van der Waals surface area (Å²) < 4.78 is 0. The van der Waals surface area contributed by atoms with Crippen LogP contribution >= 0.6 is 11.8 Å². The van der Waals surface area contributed by atoms with Gasteiger partial charge >= 0.3 is 0 Å². The highest BCUT2D eigenvalue weighted by molar-refractivity contribution is 8.02. The molecule has 0 aromatic carbocycles.